The Hall–Kier alpha value is -1.19. The van der Waals surface area contributed by atoms with Gasteiger partial charge in [-0.05, 0) is 46.3 Å². The highest BCUT2D eigenvalue weighted by atomic mass is 79.9. The maximum absolute atomic E-state index is 14.3. The molecule has 1 aromatic carbocycles. The van der Waals surface area contributed by atoms with Crippen molar-refractivity contribution in [1.82, 2.24) is 5.32 Å². The summed E-state index contributed by atoms with van der Waals surface area (Å²) >= 11 is 3.25. The molecule has 0 heterocycles. The summed E-state index contributed by atoms with van der Waals surface area (Å²) in [5, 5.41) is 10.6. The lowest BCUT2D eigenvalue weighted by molar-refractivity contribution is -0.192. The number of benzene rings is 1. The lowest BCUT2D eigenvalue weighted by Gasteiger charge is -2.28. The number of nitrogens with two attached hydrogens (primary N) is 1. The highest BCUT2D eigenvalue weighted by Gasteiger charge is 2.38. The Balaban J connectivity index is 0.000000412. The minimum Gasteiger partial charge on any atom is -0.475 e. The number of rotatable bonds is 6. The van der Waals surface area contributed by atoms with Gasteiger partial charge in [0, 0.05) is 24.5 Å². The summed E-state index contributed by atoms with van der Waals surface area (Å²) in [7, 11) is 0. The van der Waals surface area contributed by atoms with Crippen LogP contribution in [0.3, 0.4) is 0 Å². The van der Waals surface area contributed by atoms with Crippen LogP contribution in [0.5, 0.6) is 0 Å². The maximum Gasteiger partial charge on any atom is 0.490 e. The number of alkyl halides is 3. The summed E-state index contributed by atoms with van der Waals surface area (Å²) < 4.78 is 46.5. The molecule has 0 amide bonds. The van der Waals surface area contributed by atoms with Gasteiger partial charge in [0.25, 0.3) is 0 Å². The molecule has 2 rings (SSSR count). The number of halogens is 5. The monoisotopic (exact) mass is 442 g/mol. The molecule has 1 saturated carbocycles. The maximum atomic E-state index is 14.3. The quantitative estimate of drug-likeness (QED) is 0.581. The zero-order valence-electron chi connectivity index (χ0n) is 14.5. The van der Waals surface area contributed by atoms with Crippen LogP contribution in [-0.2, 0) is 4.79 Å². The number of hydrogen-bond acceptors (Lipinski definition) is 3. The number of hydrogen-bond donors (Lipinski definition) is 3. The van der Waals surface area contributed by atoms with E-state index in [1.165, 1.54) is 12.8 Å². The van der Waals surface area contributed by atoms with Crippen molar-refractivity contribution in [3.05, 3.63) is 34.1 Å². The first kappa shape index (κ1) is 22.9. The Labute approximate surface area is 158 Å². The van der Waals surface area contributed by atoms with Gasteiger partial charge in [0.15, 0.2) is 0 Å². The normalized spacial score (nSPS) is 16.7. The second kappa shape index (κ2) is 9.66. The third kappa shape index (κ3) is 7.20. The standard InChI is InChI=1S/C15H22BrFN2.C2HF3O2/c1-9(2)14(13(18)8-19-10-6-7-10)11-4-3-5-12(16)15(11)17;3-2(4,5)1(6)7/h3-5,9-10,13-14,19H,6-8,18H2,1-2H3;(H,6,7). The van der Waals surface area contributed by atoms with Gasteiger partial charge in [-0.15, -0.1) is 0 Å². The first-order valence-electron chi connectivity index (χ1n) is 8.18. The number of carbonyl (C=O) groups is 1. The second-order valence-corrected chi connectivity index (χ2v) is 7.42. The van der Waals surface area contributed by atoms with Crippen molar-refractivity contribution in [1.29, 1.82) is 0 Å². The van der Waals surface area contributed by atoms with E-state index in [1.54, 1.807) is 6.07 Å². The number of nitrogens with one attached hydrogen (secondary N) is 1. The first-order valence-corrected chi connectivity index (χ1v) is 8.97. The number of aliphatic carboxylic acids is 1. The molecule has 4 nitrogen and oxygen atoms in total. The van der Waals surface area contributed by atoms with Crippen molar-refractivity contribution in [3.8, 4) is 0 Å². The summed E-state index contributed by atoms with van der Waals surface area (Å²) in [6.07, 6.45) is -2.60. The molecular weight excluding hydrogens is 420 g/mol. The molecule has 0 aliphatic heterocycles. The average Bonchev–Trinajstić information content (AvgIpc) is 3.33. The van der Waals surface area contributed by atoms with Crippen molar-refractivity contribution in [2.45, 2.75) is 50.9 Å². The third-order valence-corrected chi connectivity index (χ3v) is 4.59. The SMILES string of the molecule is CC(C)C(c1cccc(Br)c1F)C(N)CNC1CC1.O=C(O)C(F)(F)F. The first-order chi connectivity index (χ1) is 11.9. The zero-order valence-corrected chi connectivity index (χ0v) is 16.1. The molecule has 1 aromatic rings. The Morgan fingerprint density at radius 3 is 2.35 bits per heavy atom. The van der Waals surface area contributed by atoms with Gasteiger partial charge in [-0.25, -0.2) is 9.18 Å². The molecule has 0 aromatic heterocycles. The number of carboxylic acids is 1. The van der Waals surface area contributed by atoms with Crippen LogP contribution in [-0.4, -0.2) is 35.9 Å². The van der Waals surface area contributed by atoms with Gasteiger partial charge in [-0.2, -0.15) is 13.2 Å². The fraction of sp³-hybridized carbons (Fsp3) is 0.588. The van der Waals surface area contributed by atoms with E-state index in [2.05, 4.69) is 35.1 Å². The van der Waals surface area contributed by atoms with Gasteiger partial charge in [0.2, 0.25) is 0 Å². The lowest BCUT2D eigenvalue weighted by Crippen LogP contribution is -2.41. The van der Waals surface area contributed by atoms with Crippen molar-refractivity contribution >= 4 is 21.9 Å². The second-order valence-electron chi connectivity index (χ2n) is 6.56. The Morgan fingerprint density at radius 1 is 1.38 bits per heavy atom. The molecule has 0 saturated heterocycles. The molecule has 148 valence electrons. The largest absolute Gasteiger partial charge is 0.490 e. The van der Waals surface area contributed by atoms with Crippen LogP contribution in [0.2, 0.25) is 0 Å². The van der Waals surface area contributed by atoms with Gasteiger partial charge >= 0.3 is 12.1 Å². The van der Waals surface area contributed by atoms with Crippen LogP contribution in [0.4, 0.5) is 17.6 Å². The minimum absolute atomic E-state index is 0.0312. The molecule has 0 radical (unpaired) electrons. The van der Waals surface area contributed by atoms with Crippen LogP contribution in [0.25, 0.3) is 0 Å². The van der Waals surface area contributed by atoms with Crippen molar-refractivity contribution in [2.24, 2.45) is 11.7 Å². The summed E-state index contributed by atoms with van der Waals surface area (Å²) in [5.74, 6) is -2.60. The van der Waals surface area contributed by atoms with Gasteiger partial charge in [0.1, 0.15) is 5.82 Å². The van der Waals surface area contributed by atoms with E-state index in [-0.39, 0.29) is 17.8 Å². The van der Waals surface area contributed by atoms with E-state index in [9.17, 15) is 17.6 Å². The fourth-order valence-corrected chi connectivity index (χ4v) is 2.96. The zero-order chi connectivity index (χ0) is 20.1. The Bertz CT molecular complexity index is 607. The van der Waals surface area contributed by atoms with Crippen molar-refractivity contribution in [3.63, 3.8) is 0 Å². The van der Waals surface area contributed by atoms with E-state index in [1.807, 2.05) is 12.1 Å². The van der Waals surface area contributed by atoms with Crippen LogP contribution in [0.1, 0.15) is 38.2 Å². The van der Waals surface area contributed by atoms with E-state index < -0.39 is 12.1 Å². The summed E-state index contributed by atoms with van der Waals surface area (Å²) in [4.78, 5) is 8.90. The molecule has 1 aliphatic carbocycles. The summed E-state index contributed by atoms with van der Waals surface area (Å²) in [6.45, 7) is 4.95. The summed E-state index contributed by atoms with van der Waals surface area (Å²) in [6, 6.07) is 6.01. The van der Waals surface area contributed by atoms with Crippen LogP contribution < -0.4 is 11.1 Å². The van der Waals surface area contributed by atoms with Gasteiger partial charge in [0.05, 0.1) is 4.47 Å². The lowest BCUT2D eigenvalue weighted by atomic mass is 9.82. The molecule has 0 spiro atoms. The molecule has 2 unspecified atom stereocenters. The van der Waals surface area contributed by atoms with Gasteiger partial charge < -0.3 is 16.2 Å². The molecule has 9 heteroatoms. The Kier molecular flexibility index (Phi) is 8.49. The average molecular weight is 443 g/mol. The molecule has 1 aliphatic rings. The van der Waals surface area contributed by atoms with E-state index in [0.29, 0.717) is 16.4 Å². The minimum atomic E-state index is -5.08. The molecule has 2 atom stereocenters. The predicted octanol–water partition coefficient (Wildman–Crippen LogP) is 4.04. The molecular formula is C17H23BrF4N2O2. The van der Waals surface area contributed by atoms with Crippen molar-refractivity contribution < 1.29 is 27.5 Å². The topological polar surface area (TPSA) is 75.3 Å². The highest BCUT2D eigenvalue weighted by molar-refractivity contribution is 9.10. The molecule has 4 N–H and O–H groups in total. The van der Waals surface area contributed by atoms with Crippen LogP contribution in [0.15, 0.2) is 22.7 Å². The van der Waals surface area contributed by atoms with Crippen LogP contribution in [0, 0.1) is 11.7 Å². The molecule has 1 fully saturated rings. The molecule has 26 heavy (non-hydrogen) atoms. The highest BCUT2D eigenvalue weighted by Crippen LogP contribution is 2.32. The van der Waals surface area contributed by atoms with Crippen molar-refractivity contribution in [2.75, 3.05) is 6.54 Å². The van der Waals surface area contributed by atoms with E-state index in [0.717, 1.165) is 12.1 Å². The van der Waals surface area contributed by atoms with Crippen LogP contribution >= 0.6 is 15.9 Å². The Morgan fingerprint density at radius 2 is 1.92 bits per heavy atom. The number of carboxylic acid groups (broad SMARTS) is 1. The molecule has 0 bridgehead atoms. The smallest absolute Gasteiger partial charge is 0.475 e. The fourth-order valence-electron chi connectivity index (χ4n) is 2.58. The summed E-state index contributed by atoms with van der Waals surface area (Å²) in [5.41, 5.74) is 7.02. The van der Waals surface area contributed by atoms with Gasteiger partial charge in [-0.3, -0.25) is 0 Å². The van der Waals surface area contributed by atoms with Gasteiger partial charge in [-0.1, -0.05) is 26.0 Å². The predicted molar refractivity (Wildman–Crippen MR) is 94.4 cm³/mol. The third-order valence-electron chi connectivity index (χ3n) is 3.98. The van der Waals surface area contributed by atoms with E-state index in [4.69, 9.17) is 15.6 Å². The van der Waals surface area contributed by atoms with E-state index >= 15 is 0 Å².